The Kier molecular flexibility index (Phi) is 31.5. The first-order valence-electron chi connectivity index (χ1n) is 30.6. The highest BCUT2D eigenvalue weighted by molar-refractivity contribution is 5.69. The van der Waals surface area contributed by atoms with E-state index in [0.29, 0.717) is 0 Å². The van der Waals surface area contributed by atoms with Crippen molar-refractivity contribution in [3.05, 3.63) is 386 Å². The minimum Gasteiger partial charge on any atom is -0.261 e. The zero-order valence-corrected chi connectivity index (χ0v) is 54.7. The maximum absolute atomic E-state index is 4.52. The van der Waals surface area contributed by atoms with Gasteiger partial charge in [-0.05, 0) is 125 Å². The van der Waals surface area contributed by atoms with E-state index in [0.717, 1.165) is 51.2 Å². The molecule has 0 amide bonds. The number of aromatic nitrogens is 10. The molecule has 10 heteroatoms. The van der Waals surface area contributed by atoms with Crippen molar-refractivity contribution in [3.63, 3.8) is 0 Å². The summed E-state index contributed by atoms with van der Waals surface area (Å²) in [6.45, 7) is 18.0. The van der Waals surface area contributed by atoms with Crippen molar-refractivity contribution in [1.82, 2.24) is 49.8 Å². The molecular formula is C83H82N10. The lowest BCUT2D eigenvalue weighted by atomic mass is 10.0. The Bertz CT molecular complexity index is 3910. The molecule has 0 radical (unpaired) electrons. The molecule has 464 valence electrons. The zero-order chi connectivity index (χ0) is 65.9. The first-order valence-corrected chi connectivity index (χ1v) is 30.6. The third kappa shape index (κ3) is 28.6. The third-order valence-electron chi connectivity index (χ3n) is 13.2. The van der Waals surface area contributed by atoms with Crippen LogP contribution in [-0.2, 0) is 0 Å². The number of aryl methyl sites for hydroxylation is 9. The molecule has 0 N–H and O–H groups in total. The van der Waals surface area contributed by atoms with Crippen LogP contribution in [0, 0.1) is 62.3 Å². The molecule has 14 aromatic rings. The quantitative estimate of drug-likeness (QED) is 0.164. The van der Waals surface area contributed by atoms with Gasteiger partial charge >= 0.3 is 0 Å². The number of nitrogens with zero attached hydrogens (tertiary/aromatic N) is 10. The fourth-order valence-corrected chi connectivity index (χ4v) is 8.46. The minimum atomic E-state index is 0.792. The van der Waals surface area contributed by atoms with Crippen LogP contribution in [0.3, 0.4) is 0 Å². The second-order valence-electron chi connectivity index (χ2n) is 21.1. The summed E-state index contributed by atoms with van der Waals surface area (Å²) in [4.78, 5) is 39.8. The van der Waals surface area contributed by atoms with Gasteiger partial charge < -0.3 is 0 Å². The molecule has 0 saturated heterocycles. The van der Waals surface area contributed by atoms with Gasteiger partial charge in [-0.2, -0.15) is 0 Å². The number of benzene rings is 9. The SMILES string of the molecule is Cc1ccc(-c2ccccc2)cc1.Cc1cccc(-c2ccccc2)c1.Cc1ccccc1.Cc1ccccc1-c1ccccc1.Cc1cnccn1.Cc1cncnc1.Cc1nc(-c2ccccc2)cc(-c2ccccc2)n1.Cc1ncccn1.Cc1ncccn1. The van der Waals surface area contributed by atoms with Crippen molar-refractivity contribution in [2.24, 2.45) is 0 Å². The van der Waals surface area contributed by atoms with E-state index in [-0.39, 0.29) is 0 Å². The van der Waals surface area contributed by atoms with Crippen molar-refractivity contribution in [1.29, 1.82) is 0 Å². The normalized spacial score (nSPS) is 9.56. The molecule has 0 atom stereocenters. The van der Waals surface area contributed by atoms with E-state index >= 15 is 0 Å². The number of hydrogen-bond donors (Lipinski definition) is 0. The van der Waals surface area contributed by atoms with E-state index in [1.807, 2.05) is 113 Å². The molecule has 0 bridgehead atoms. The maximum Gasteiger partial charge on any atom is 0.126 e. The van der Waals surface area contributed by atoms with Crippen LogP contribution in [-0.4, -0.2) is 49.8 Å². The van der Waals surface area contributed by atoms with Gasteiger partial charge in [-0.25, -0.2) is 39.9 Å². The van der Waals surface area contributed by atoms with Gasteiger partial charge in [0.15, 0.2) is 0 Å². The van der Waals surface area contributed by atoms with Gasteiger partial charge in [0.2, 0.25) is 0 Å². The van der Waals surface area contributed by atoms with Crippen LogP contribution < -0.4 is 0 Å². The lowest BCUT2D eigenvalue weighted by Gasteiger charge is -2.06. The first-order chi connectivity index (χ1) is 45.4. The van der Waals surface area contributed by atoms with Gasteiger partial charge in [0.25, 0.3) is 0 Å². The Hall–Kier alpha value is -11.6. The van der Waals surface area contributed by atoms with Crippen molar-refractivity contribution in [2.75, 3.05) is 0 Å². The standard InChI is InChI=1S/C17H14N2.3C13H12.C7H8.4C5H6N2/c1-13-18-16(14-8-4-2-5-9-14)12-17(19-13)15-10-6-3-7-11-15;1-11-7-5-6-10-13(11)12-8-3-2-4-9-12;1-11-6-5-9-13(10-11)12-7-3-2-4-8-12;1-11-7-9-13(10-8-11)12-5-3-2-4-6-12;1-7-5-3-2-4-6-7;1-5-2-6-4-7-3-5;1-5-4-6-2-3-7-5;2*1-5-6-3-2-4-7-5/h2-12H,1H3;3*2-10H,1H3;2-6H,1H3;4*2-4H,1H3. The van der Waals surface area contributed by atoms with Gasteiger partial charge in [0.05, 0.1) is 17.1 Å². The largest absolute Gasteiger partial charge is 0.261 e. The van der Waals surface area contributed by atoms with Crippen LogP contribution in [0.5, 0.6) is 0 Å². The van der Waals surface area contributed by atoms with Gasteiger partial charge in [-0.1, -0.05) is 271 Å². The van der Waals surface area contributed by atoms with Gasteiger partial charge in [-0.15, -0.1) is 0 Å². The Morgan fingerprint density at radius 3 is 0.978 bits per heavy atom. The predicted molar refractivity (Wildman–Crippen MR) is 386 cm³/mol. The number of rotatable bonds is 5. The van der Waals surface area contributed by atoms with Crippen molar-refractivity contribution < 1.29 is 0 Å². The molecule has 0 unspecified atom stereocenters. The van der Waals surface area contributed by atoms with E-state index in [2.05, 4.69) is 260 Å². The van der Waals surface area contributed by atoms with E-state index in [9.17, 15) is 0 Å². The summed E-state index contributed by atoms with van der Waals surface area (Å²) in [6, 6.07) is 93.2. The lowest BCUT2D eigenvalue weighted by molar-refractivity contribution is 1.05. The zero-order valence-electron chi connectivity index (χ0n) is 54.7. The second-order valence-corrected chi connectivity index (χ2v) is 21.1. The Labute approximate surface area is 551 Å². The maximum atomic E-state index is 4.52. The van der Waals surface area contributed by atoms with Gasteiger partial charge in [-0.3, -0.25) is 9.97 Å². The van der Waals surface area contributed by atoms with Crippen molar-refractivity contribution >= 4 is 0 Å². The first kappa shape index (κ1) is 70.5. The van der Waals surface area contributed by atoms with Crippen LogP contribution in [0.25, 0.3) is 55.9 Å². The second kappa shape index (κ2) is 41.6. The molecule has 93 heavy (non-hydrogen) atoms. The summed E-state index contributed by atoms with van der Waals surface area (Å²) < 4.78 is 0. The van der Waals surface area contributed by atoms with E-state index in [1.165, 1.54) is 62.0 Å². The Balaban J connectivity index is 0.000000170. The number of hydrogen-bond acceptors (Lipinski definition) is 10. The molecule has 0 aliphatic heterocycles. The third-order valence-corrected chi connectivity index (χ3v) is 13.2. The molecule has 9 aromatic carbocycles. The summed E-state index contributed by atoms with van der Waals surface area (Å²) in [5, 5.41) is 0. The van der Waals surface area contributed by atoms with Crippen LogP contribution in [0.1, 0.15) is 51.0 Å². The summed E-state index contributed by atoms with van der Waals surface area (Å²) in [5.74, 6) is 2.44. The highest BCUT2D eigenvalue weighted by Gasteiger charge is 2.06. The Morgan fingerprint density at radius 2 is 0.613 bits per heavy atom. The average molecular weight is 1220 g/mol. The smallest absolute Gasteiger partial charge is 0.126 e. The van der Waals surface area contributed by atoms with E-state index in [1.54, 1.807) is 67.9 Å². The van der Waals surface area contributed by atoms with Gasteiger partial charge in [0.1, 0.15) is 23.8 Å². The molecule has 5 aromatic heterocycles. The molecule has 0 fully saturated rings. The minimum absolute atomic E-state index is 0.792. The topological polar surface area (TPSA) is 129 Å². The molecule has 5 heterocycles. The highest BCUT2D eigenvalue weighted by atomic mass is 14.9. The lowest BCUT2D eigenvalue weighted by Crippen LogP contribution is -1.94. The summed E-state index contributed by atoms with van der Waals surface area (Å²) >= 11 is 0. The summed E-state index contributed by atoms with van der Waals surface area (Å²) in [7, 11) is 0. The molecule has 0 aliphatic carbocycles. The highest BCUT2D eigenvalue weighted by Crippen LogP contribution is 2.25. The fourth-order valence-electron chi connectivity index (χ4n) is 8.46. The summed E-state index contributed by atoms with van der Waals surface area (Å²) in [6.07, 6.45) is 17.0. The monoisotopic (exact) mass is 1220 g/mol. The van der Waals surface area contributed by atoms with E-state index in [4.69, 9.17) is 0 Å². The predicted octanol–water partition coefficient (Wildman–Crippen LogP) is 20.2. The van der Waals surface area contributed by atoms with Crippen LogP contribution in [0.4, 0.5) is 0 Å². The molecule has 14 rings (SSSR count). The van der Waals surface area contributed by atoms with E-state index < -0.39 is 0 Å². The Morgan fingerprint density at radius 1 is 0.226 bits per heavy atom. The van der Waals surface area contributed by atoms with Gasteiger partial charge in [0, 0.05) is 66.9 Å². The molecule has 0 saturated carbocycles. The fraction of sp³-hybridized carbons (Fsp3) is 0.108. The van der Waals surface area contributed by atoms with Crippen LogP contribution in [0.2, 0.25) is 0 Å². The van der Waals surface area contributed by atoms with Crippen molar-refractivity contribution in [3.8, 4) is 55.9 Å². The van der Waals surface area contributed by atoms with Crippen molar-refractivity contribution in [2.45, 2.75) is 62.3 Å². The molecule has 0 spiro atoms. The molecule has 0 aliphatic rings. The summed E-state index contributed by atoms with van der Waals surface area (Å²) in [5.41, 5.74) is 19.2. The van der Waals surface area contributed by atoms with Crippen LogP contribution in [0.15, 0.2) is 335 Å². The average Bonchev–Trinajstić information content (AvgIpc) is 1.43. The molecule has 10 nitrogen and oxygen atoms in total. The molecular weight excluding hydrogens is 1140 g/mol. The van der Waals surface area contributed by atoms with Crippen LogP contribution >= 0.6 is 0 Å².